The Morgan fingerprint density at radius 2 is 1.88 bits per heavy atom. The number of ether oxygens (including phenoxy) is 1. The second-order valence-electron chi connectivity index (χ2n) is 6.66. The van der Waals surface area contributed by atoms with Gasteiger partial charge in [-0.1, -0.05) is 0 Å². The minimum Gasteiger partial charge on any atom is -0.426 e. The van der Waals surface area contributed by atoms with E-state index in [9.17, 15) is 4.79 Å². The Morgan fingerprint density at radius 3 is 2.50 bits per heavy atom. The van der Waals surface area contributed by atoms with Crippen LogP contribution in [-0.2, 0) is 11.3 Å². The molecule has 0 aliphatic heterocycles. The molecule has 1 N–H and O–H groups in total. The SMILES string of the molecule is CC(C)(C)C(=O)Oc1ccc(-c2nnn(CCCCCO)n2)cc1. The van der Waals surface area contributed by atoms with Gasteiger partial charge in [-0.3, -0.25) is 4.79 Å². The van der Waals surface area contributed by atoms with Crippen LogP contribution in [0.4, 0.5) is 0 Å². The Bertz CT molecular complexity index is 659. The molecule has 0 spiro atoms. The molecule has 0 atom stereocenters. The maximum Gasteiger partial charge on any atom is 0.316 e. The van der Waals surface area contributed by atoms with Crippen LogP contribution in [0, 0.1) is 5.41 Å². The van der Waals surface area contributed by atoms with E-state index >= 15 is 0 Å². The molecule has 0 aliphatic carbocycles. The van der Waals surface area contributed by atoms with Crippen molar-refractivity contribution < 1.29 is 14.6 Å². The Labute approximate surface area is 141 Å². The average Bonchev–Trinajstić information content (AvgIpc) is 3.00. The zero-order valence-electron chi connectivity index (χ0n) is 14.4. The fraction of sp³-hybridized carbons (Fsp3) is 0.529. The summed E-state index contributed by atoms with van der Waals surface area (Å²) in [7, 11) is 0. The van der Waals surface area contributed by atoms with E-state index in [4.69, 9.17) is 9.84 Å². The van der Waals surface area contributed by atoms with Gasteiger partial charge in [-0.15, -0.1) is 10.2 Å². The highest BCUT2D eigenvalue weighted by molar-refractivity contribution is 5.78. The van der Waals surface area contributed by atoms with Crippen molar-refractivity contribution in [3.63, 3.8) is 0 Å². The first-order valence-electron chi connectivity index (χ1n) is 8.11. The quantitative estimate of drug-likeness (QED) is 0.476. The van der Waals surface area contributed by atoms with Crippen molar-refractivity contribution in [1.82, 2.24) is 20.2 Å². The number of esters is 1. The summed E-state index contributed by atoms with van der Waals surface area (Å²) < 4.78 is 5.33. The average molecular weight is 332 g/mol. The number of carbonyl (C=O) groups is 1. The van der Waals surface area contributed by atoms with Gasteiger partial charge >= 0.3 is 5.97 Å². The molecule has 1 aromatic carbocycles. The highest BCUT2D eigenvalue weighted by Crippen LogP contribution is 2.22. The number of rotatable bonds is 7. The number of carbonyl (C=O) groups excluding carboxylic acids is 1. The third kappa shape index (κ3) is 5.13. The first-order valence-corrected chi connectivity index (χ1v) is 8.11. The maximum atomic E-state index is 11.9. The van der Waals surface area contributed by atoms with Crippen LogP contribution in [0.25, 0.3) is 11.4 Å². The predicted octanol–water partition coefficient (Wildman–Crippen LogP) is 2.45. The molecule has 7 heteroatoms. The number of benzene rings is 1. The Balaban J connectivity index is 1.96. The topological polar surface area (TPSA) is 90.1 Å². The fourth-order valence-electron chi connectivity index (χ4n) is 1.93. The number of hydrogen-bond donors (Lipinski definition) is 1. The zero-order valence-corrected chi connectivity index (χ0v) is 14.4. The fourth-order valence-corrected chi connectivity index (χ4v) is 1.93. The number of aromatic nitrogens is 4. The number of nitrogens with zero attached hydrogens (tertiary/aromatic N) is 4. The molecule has 0 aliphatic rings. The van der Waals surface area contributed by atoms with Crippen molar-refractivity contribution in [2.45, 2.75) is 46.6 Å². The van der Waals surface area contributed by atoms with E-state index in [0.717, 1.165) is 24.8 Å². The van der Waals surface area contributed by atoms with Gasteiger partial charge in [-0.25, -0.2) is 0 Å². The molecule has 7 nitrogen and oxygen atoms in total. The monoisotopic (exact) mass is 332 g/mol. The second-order valence-corrected chi connectivity index (χ2v) is 6.66. The van der Waals surface area contributed by atoms with Gasteiger partial charge in [-0.05, 0) is 69.5 Å². The number of aryl methyl sites for hydroxylation is 1. The molecule has 1 heterocycles. The highest BCUT2D eigenvalue weighted by Gasteiger charge is 2.23. The van der Waals surface area contributed by atoms with Crippen LogP contribution in [0.15, 0.2) is 24.3 Å². The van der Waals surface area contributed by atoms with E-state index in [0.29, 0.717) is 18.1 Å². The number of aliphatic hydroxyl groups excluding tert-OH is 1. The molecule has 24 heavy (non-hydrogen) atoms. The third-order valence-electron chi connectivity index (χ3n) is 3.40. The summed E-state index contributed by atoms with van der Waals surface area (Å²) >= 11 is 0. The summed E-state index contributed by atoms with van der Waals surface area (Å²) in [6.07, 6.45) is 2.62. The van der Waals surface area contributed by atoms with E-state index in [1.165, 1.54) is 0 Å². The van der Waals surface area contributed by atoms with Crippen LogP contribution in [0.3, 0.4) is 0 Å². The second kappa shape index (κ2) is 8.01. The third-order valence-corrected chi connectivity index (χ3v) is 3.40. The van der Waals surface area contributed by atoms with Gasteiger partial charge in [0.15, 0.2) is 0 Å². The standard InChI is InChI=1S/C17H24N4O3/c1-17(2,3)16(23)24-14-9-7-13(8-10-14)15-18-20-21(19-15)11-5-4-6-12-22/h7-10,22H,4-6,11-12H2,1-3H3. The van der Waals surface area contributed by atoms with Crippen molar-refractivity contribution >= 4 is 5.97 Å². The van der Waals surface area contributed by atoms with Crippen molar-refractivity contribution in [2.24, 2.45) is 5.41 Å². The Morgan fingerprint density at radius 1 is 1.17 bits per heavy atom. The molecule has 0 radical (unpaired) electrons. The maximum absolute atomic E-state index is 11.9. The smallest absolute Gasteiger partial charge is 0.316 e. The molecule has 0 bridgehead atoms. The molecule has 0 saturated heterocycles. The molecule has 2 rings (SSSR count). The summed E-state index contributed by atoms with van der Waals surface area (Å²) in [5.74, 6) is 0.753. The van der Waals surface area contributed by atoms with E-state index < -0.39 is 5.41 Å². The largest absolute Gasteiger partial charge is 0.426 e. The molecule has 0 fully saturated rings. The molecule has 0 saturated carbocycles. The van der Waals surface area contributed by atoms with Crippen LogP contribution < -0.4 is 4.74 Å². The highest BCUT2D eigenvalue weighted by atomic mass is 16.5. The van der Waals surface area contributed by atoms with Gasteiger partial charge in [0, 0.05) is 12.2 Å². The summed E-state index contributed by atoms with van der Waals surface area (Å²) in [5.41, 5.74) is 0.269. The van der Waals surface area contributed by atoms with Crippen molar-refractivity contribution in [2.75, 3.05) is 6.61 Å². The lowest BCUT2D eigenvalue weighted by Crippen LogP contribution is -2.25. The first-order chi connectivity index (χ1) is 11.4. The van der Waals surface area contributed by atoms with Crippen LogP contribution in [0.2, 0.25) is 0 Å². The van der Waals surface area contributed by atoms with Crippen LogP contribution >= 0.6 is 0 Å². The lowest BCUT2D eigenvalue weighted by atomic mass is 9.97. The van der Waals surface area contributed by atoms with Crippen LogP contribution in [0.1, 0.15) is 40.0 Å². The van der Waals surface area contributed by atoms with Crippen molar-refractivity contribution in [3.05, 3.63) is 24.3 Å². The predicted molar refractivity (Wildman–Crippen MR) is 89.3 cm³/mol. The van der Waals surface area contributed by atoms with E-state index in [1.807, 2.05) is 20.8 Å². The summed E-state index contributed by atoms with van der Waals surface area (Å²) in [6.45, 7) is 6.32. The number of hydrogen-bond acceptors (Lipinski definition) is 6. The normalized spacial score (nSPS) is 11.5. The lowest BCUT2D eigenvalue weighted by molar-refractivity contribution is -0.142. The number of tetrazole rings is 1. The lowest BCUT2D eigenvalue weighted by Gasteiger charge is -2.16. The number of aliphatic hydroxyl groups is 1. The minimum atomic E-state index is -0.543. The minimum absolute atomic E-state index is 0.210. The van der Waals surface area contributed by atoms with E-state index in [1.54, 1.807) is 29.1 Å². The zero-order chi connectivity index (χ0) is 17.6. The van der Waals surface area contributed by atoms with Crippen molar-refractivity contribution in [1.29, 1.82) is 0 Å². The van der Waals surface area contributed by atoms with Gasteiger partial charge in [0.1, 0.15) is 5.75 Å². The Kier molecular flexibility index (Phi) is 6.03. The van der Waals surface area contributed by atoms with Crippen LogP contribution in [-0.4, -0.2) is 37.9 Å². The molecular formula is C17H24N4O3. The van der Waals surface area contributed by atoms with Gasteiger partial charge in [0.2, 0.25) is 5.82 Å². The molecule has 1 aromatic heterocycles. The first kappa shape index (κ1) is 18.1. The van der Waals surface area contributed by atoms with E-state index in [-0.39, 0.29) is 12.6 Å². The molecule has 0 unspecified atom stereocenters. The van der Waals surface area contributed by atoms with Crippen LogP contribution in [0.5, 0.6) is 5.75 Å². The molecule has 130 valence electrons. The summed E-state index contributed by atoms with van der Waals surface area (Å²) in [4.78, 5) is 13.4. The number of unbranched alkanes of at least 4 members (excludes halogenated alkanes) is 2. The van der Waals surface area contributed by atoms with E-state index in [2.05, 4.69) is 15.4 Å². The van der Waals surface area contributed by atoms with Gasteiger partial charge in [-0.2, -0.15) is 4.80 Å². The summed E-state index contributed by atoms with van der Waals surface area (Å²) in [6, 6.07) is 7.05. The summed E-state index contributed by atoms with van der Waals surface area (Å²) in [5, 5.41) is 21.1. The van der Waals surface area contributed by atoms with Gasteiger partial charge in [0.05, 0.1) is 12.0 Å². The molecule has 2 aromatic rings. The van der Waals surface area contributed by atoms with Crippen molar-refractivity contribution in [3.8, 4) is 17.1 Å². The molecular weight excluding hydrogens is 308 g/mol. The Hall–Kier alpha value is -2.28. The van der Waals surface area contributed by atoms with Gasteiger partial charge in [0.25, 0.3) is 0 Å². The molecule has 0 amide bonds. The van der Waals surface area contributed by atoms with Gasteiger partial charge < -0.3 is 9.84 Å².